The Morgan fingerprint density at radius 2 is 2.05 bits per heavy atom. The molecule has 2 rings (SSSR count). The van der Waals surface area contributed by atoms with Crippen molar-refractivity contribution < 1.29 is 4.74 Å². The number of hydrogen-bond donors (Lipinski definition) is 1. The van der Waals surface area contributed by atoms with Crippen LogP contribution in [0.2, 0.25) is 0 Å². The molecule has 2 aromatic rings. The molecule has 2 heterocycles. The van der Waals surface area contributed by atoms with Gasteiger partial charge in [-0.3, -0.25) is 13.9 Å². The fourth-order valence-electron chi connectivity index (χ4n) is 2.61. The molecule has 8 nitrogen and oxygen atoms in total. The zero-order chi connectivity index (χ0) is 16.4. The molecule has 0 amide bonds. The van der Waals surface area contributed by atoms with Gasteiger partial charge in [0.1, 0.15) is 12.4 Å². The van der Waals surface area contributed by atoms with Gasteiger partial charge in [0.25, 0.3) is 5.56 Å². The number of imidazole rings is 1. The molecule has 1 unspecified atom stereocenters. The number of aromatic nitrogens is 4. The Labute approximate surface area is 128 Å². The second kappa shape index (κ2) is 6.45. The molecule has 122 valence electrons. The van der Waals surface area contributed by atoms with E-state index >= 15 is 0 Å². The monoisotopic (exact) mass is 309 g/mol. The molecule has 1 atom stereocenters. The first-order chi connectivity index (χ1) is 10.5. The van der Waals surface area contributed by atoms with Crippen LogP contribution in [-0.2, 0) is 24.9 Å². The second-order valence-electron chi connectivity index (χ2n) is 5.39. The summed E-state index contributed by atoms with van der Waals surface area (Å²) in [5.74, 6) is 0.600. The minimum absolute atomic E-state index is 0.115. The zero-order valence-electron chi connectivity index (χ0n) is 13.5. The first kappa shape index (κ1) is 16.4. The van der Waals surface area contributed by atoms with E-state index in [4.69, 9.17) is 10.5 Å². The second-order valence-corrected chi connectivity index (χ2v) is 5.39. The Hall–Kier alpha value is -1.93. The van der Waals surface area contributed by atoms with Crippen LogP contribution in [0.1, 0.15) is 32.1 Å². The summed E-state index contributed by atoms with van der Waals surface area (Å²) in [6.45, 7) is 5.00. The number of fused-ring (bicyclic) bond motifs is 1. The van der Waals surface area contributed by atoms with Crippen molar-refractivity contribution in [2.75, 3.05) is 13.7 Å². The summed E-state index contributed by atoms with van der Waals surface area (Å²) in [4.78, 5) is 29.4. The molecular weight excluding hydrogens is 286 g/mol. The van der Waals surface area contributed by atoms with E-state index in [0.717, 1.165) is 11.0 Å². The minimum atomic E-state index is -0.359. The maximum absolute atomic E-state index is 12.6. The summed E-state index contributed by atoms with van der Waals surface area (Å²) < 4.78 is 9.62. The van der Waals surface area contributed by atoms with Crippen LogP contribution in [0.4, 0.5) is 0 Å². The normalized spacial score (nSPS) is 13.0. The highest BCUT2D eigenvalue weighted by molar-refractivity contribution is 5.71. The van der Waals surface area contributed by atoms with Crippen LogP contribution in [0.15, 0.2) is 9.59 Å². The van der Waals surface area contributed by atoms with Gasteiger partial charge >= 0.3 is 5.69 Å². The van der Waals surface area contributed by atoms with Gasteiger partial charge in [0.2, 0.25) is 0 Å². The van der Waals surface area contributed by atoms with Gasteiger partial charge in [0, 0.05) is 33.3 Å². The van der Waals surface area contributed by atoms with E-state index < -0.39 is 0 Å². The van der Waals surface area contributed by atoms with E-state index in [-0.39, 0.29) is 23.9 Å². The SMILES string of the molecule is CCCn1c(=O)n(C)c(=O)c2c1nc(COC)n2C(C)CN. The molecule has 2 N–H and O–H groups in total. The van der Waals surface area contributed by atoms with E-state index in [2.05, 4.69) is 4.98 Å². The van der Waals surface area contributed by atoms with Crippen LogP contribution >= 0.6 is 0 Å². The van der Waals surface area contributed by atoms with Crippen LogP contribution in [-0.4, -0.2) is 32.3 Å². The maximum atomic E-state index is 12.6. The molecule has 0 saturated carbocycles. The predicted molar refractivity (Wildman–Crippen MR) is 84.0 cm³/mol. The predicted octanol–water partition coefficient (Wildman–Crippen LogP) is -0.0272. The topological polar surface area (TPSA) is 97.1 Å². The average molecular weight is 309 g/mol. The molecular formula is C14H23N5O3. The Bertz CT molecular complexity index is 786. The van der Waals surface area contributed by atoms with Gasteiger partial charge in [0.05, 0.1) is 0 Å². The summed E-state index contributed by atoms with van der Waals surface area (Å²) in [6.07, 6.45) is 0.770. The number of nitrogens with zero attached hydrogens (tertiary/aromatic N) is 4. The molecule has 22 heavy (non-hydrogen) atoms. The molecule has 2 aromatic heterocycles. The lowest BCUT2D eigenvalue weighted by molar-refractivity contribution is 0.173. The van der Waals surface area contributed by atoms with Gasteiger partial charge in [-0.1, -0.05) is 6.92 Å². The van der Waals surface area contributed by atoms with Gasteiger partial charge in [-0.25, -0.2) is 9.78 Å². The fourth-order valence-corrected chi connectivity index (χ4v) is 2.61. The Kier molecular flexibility index (Phi) is 4.82. The number of hydrogen-bond acceptors (Lipinski definition) is 5. The standard InChI is InChI=1S/C14H23N5O3/c1-5-6-18-12-11(13(20)17(3)14(18)21)19(9(2)7-15)10(16-12)8-22-4/h9H,5-8,15H2,1-4H3. The van der Waals surface area contributed by atoms with E-state index in [1.54, 1.807) is 11.7 Å². The molecule has 8 heteroatoms. The largest absolute Gasteiger partial charge is 0.377 e. The van der Waals surface area contributed by atoms with Crippen molar-refractivity contribution >= 4 is 11.2 Å². The average Bonchev–Trinajstić information content (AvgIpc) is 2.88. The van der Waals surface area contributed by atoms with Crippen molar-refractivity contribution in [3.05, 3.63) is 26.7 Å². The van der Waals surface area contributed by atoms with Crippen LogP contribution in [0.3, 0.4) is 0 Å². The summed E-state index contributed by atoms with van der Waals surface area (Å²) in [5.41, 5.74) is 5.86. The molecule has 0 aromatic carbocycles. The van der Waals surface area contributed by atoms with E-state index in [0.29, 0.717) is 30.1 Å². The Balaban J connectivity index is 2.95. The molecule has 0 bridgehead atoms. The summed E-state index contributed by atoms with van der Waals surface area (Å²) in [5, 5.41) is 0. The van der Waals surface area contributed by atoms with Crippen molar-refractivity contribution in [3.63, 3.8) is 0 Å². The van der Waals surface area contributed by atoms with E-state index in [1.165, 1.54) is 11.6 Å². The van der Waals surface area contributed by atoms with Crippen LogP contribution in [0.25, 0.3) is 11.2 Å². The minimum Gasteiger partial charge on any atom is -0.377 e. The number of rotatable bonds is 6. The van der Waals surface area contributed by atoms with Gasteiger partial charge in [-0.15, -0.1) is 0 Å². The highest BCUT2D eigenvalue weighted by Crippen LogP contribution is 2.18. The van der Waals surface area contributed by atoms with Crippen molar-refractivity contribution in [1.82, 2.24) is 18.7 Å². The molecule has 0 spiro atoms. The molecule has 0 saturated heterocycles. The highest BCUT2D eigenvalue weighted by Gasteiger charge is 2.22. The zero-order valence-corrected chi connectivity index (χ0v) is 13.5. The molecule has 0 aliphatic rings. The first-order valence-corrected chi connectivity index (χ1v) is 7.37. The maximum Gasteiger partial charge on any atom is 0.332 e. The van der Waals surface area contributed by atoms with Crippen molar-refractivity contribution in [2.45, 2.75) is 39.5 Å². The fraction of sp³-hybridized carbons (Fsp3) is 0.643. The Morgan fingerprint density at radius 1 is 1.36 bits per heavy atom. The molecule has 0 fully saturated rings. The van der Waals surface area contributed by atoms with E-state index in [1.807, 2.05) is 13.8 Å². The smallest absolute Gasteiger partial charge is 0.332 e. The lowest BCUT2D eigenvalue weighted by Gasteiger charge is -2.15. The third-order valence-corrected chi connectivity index (χ3v) is 3.75. The lowest BCUT2D eigenvalue weighted by Crippen LogP contribution is -2.39. The van der Waals surface area contributed by atoms with Gasteiger partial charge in [0.15, 0.2) is 11.2 Å². The molecule has 0 aliphatic carbocycles. The van der Waals surface area contributed by atoms with Crippen molar-refractivity contribution in [1.29, 1.82) is 0 Å². The van der Waals surface area contributed by atoms with Crippen LogP contribution < -0.4 is 17.0 Å². The quantitative estimate of drug-likeness (QED) is 0.808. The molecule has 0 radical (unpaired) electrons. The number of methoxy groups -OCH3 is 1. The molecule has 0 aliphatic heterocycles. The third kappa shape index (κ3) is 2.48. The highest BCUT2D eigenvalue weighted by atomic mass is 16.5. The number of aryl methyl sites for hydroxylation is 1. The van der Waals surface area contributed by atoms with E-state index in [9.17, 15) is 9.59 Å². The van der Waals surface area contributed by atoms with Crippen molar-refractivity contribution in [3.8, 4) is 0 Å². The van der Waals surface area contributed by atoms with Gasteiger partial charge in [-0.2, -0.15) is 0 Å². The lowest BCUT2D eigenvalue weighted by atomic mass is 10.3. The van der Waals surface area contributed by atoms with Gasteiger partial charge in [-0.05, 0) is 13.3 Å². The van der Waals surface area contributed by atoms with Crippen LogP contribution in [0.5, 0.6) is 0 Å². The first-order valence-electron chi connectivity index (χ1n) is 7.37. The number of nitrogens with two attached hydrogens (primary N) is 1. The Morgan fingerprint density at radius 3 is 2.59 bits per heavy atom. The summed E-state index contributed by atoms with van der Waals surface area (Å²) in [6, 6.07) is -0.115. The summed E-state index contributed by atoms with van der Waals surface area (Å²) in [7, 11) is 3.05. The van der Waals surface area contributed by atoms with Crippen molar-refractivity contribution in [2.24, 2.45) is 12.8 Å². The number of ether oxygens (including phenoxy) is 1. The third-order valence-electron chi connectivity index (χ3n) is 3.75. The van der Waals surface area contributed by atoms with Gasteiger partial charge < -0.3 is 15.0 Å². The summed E-state index contributed by atoms with van der Waals surface area (Å²) >= 11 is 0. The van der Waals surface area contributed by atoms with Crippen LogP contribution in [0, 0.1) is 0 Å².